The lowest BCUT2D eigenvalue weighted by Crippen LogP contribution is -2.16. The van der Waals surface area contributed by atoms with Crippen molar-refractivity contribution in [1.82, 2.24) is 19.9 Å². The molecule has 6 nitrogen and oxygen atoms in total. The molecule has 0 radical (unpaired) electrons. The van der Waals surface area contributed by atoms with E-state index in [1.54, 1.807) is 18.3 Å². The van der Waals surface area contributed by atoms with Gasteiger partial charge in [0.05, 0.1) is 5.02 Å². The first-order valence-corrected chi connectivity index (χ1v) is 7.75. The summed E-state index contributed by atoms with van der Waals surface area (Å²) in [6.45, 7) is 2.90. The van der Waals surface area contributed by atoms with E-state index in [0.29, 0.717) is 27.1 Å². The largest absolute Gasteiger partial charge is 0.354 e. The highest BCUT2D eigenvalue weighted by Crippen LogP contribution is 2.29. The Labute approximate surface area is 133 Å². The van der Waals surface area contributed by atoms with Crippen LogP contribution in [0.5, 0.6) is 0 Å². The van der Waals surface area contributed by atoms with Crippen LogP contribution in [0.2, 0.25) is 5.02 Å². The van der Waals surface area contributed by atoms with Gasteiger partial charge in [0.2, 0.25) is 17.1 Å². The summed E-state index contributed by atoms with van der Waals surface area (Å²) < 4.78 is 0. The molecule has 0 saturated heterocycles. The molecule has 0 aromatic carbocycles. The molecule has 0 fully saturated rings. The molecule has 0 aliphatic carbocycles. The summed E-state index contributed by atoms with van der Waals surface area (Å²) in [6.07, 6.45) is 2.69. The number of nitrogens with one attached hydrogen (secondary N) is 1. The third-order valence-corrected chi connectivity index (χ3v) is 3.75. The standard InChI is InChI=1S/C13H17ClN6S/c1-4-7-16-11-17-12(20(2)3)19-13(18-11)21-10-9(14)6-5-8-15-10/h5-6,8H,4,7H2,1-3H3,(H,16,17,18,19). The molecule has 112 valence electrons. The molecule has 0 spiro atoms. The number of halogens is 1. The number of hydrogen-bond donors (Lipinski definition) is 1. The van der Waals surface area contributed by atoms with Crippen LogP contribution in [0.3, 0.4) is 0 Å². The Morgan fingerprint density at radius 3 is 2.76 bits per heavy atom. The number of anilines is 2. The summed E-state index contributed by atoms with van der Waals surface area (Å²) >= 11 is 7.44. The van der Waals surface area contributed by atoms with Gasteiger partial charge in [-0.3, -0.25) is 0 Å². The second kappa shape index (κ2) is 7.42. The van der Waals surface area contributed by atoms with E-state index in [2.05, 4.69) is 32.2 Å². The van der Waals surface area contributed by atoms with Gasteiger partial charge >= 0.3 is 0 Å². The van der Waals surface area contributed by atoms with Crippen LogP contribution in [-0.4, -0.2) is 40.6 Å². The molecule has 0 aliphatic heterocycles. The average molecular weight is 325 g/mol. The Kier molecular flexibility index (Phi) is 5.58. The zero-order valence-electron chi connectivity index (χ0n) is 12.2. The fourth-order valence-corrected chi connectivity index (χ4v) is 2.39. The van der Waals surface area contributed by atoms with Crippen molar-refractivity contribution in [2.24, 2.45) is 0 Å². The molecule has 2 aromatic rings. The third-order valence-electron chi connectivity index (χ3n) is 2.45. The van der Waals surface area contributed by atoms with Crippen LogP contribution in [0.1, 0.15) is 13.3 Å². The molecular weight excluding hydrogens is 308 g/mol. The Morgan fingerprint density at radius 1 is 1.29 bits per heavy atom. The van der Waals surface area contributed by atoms with E-state index in [4.69, 9.17) is 11.6 Å². The minimum absolute atomic E-state index is 0.560. The molecule has 0 saturated carbocycles. The summed E-state index contributed by atoms with van der Waals surface area (Å²) in [5, 5.41) is 5.00. The molecule has 2 rings (SSSR count). The topological polar surface area (TPSA) is 66.8 Å². The predicted molar refractivity (Wildman–Crippen MR) is 86.3 cm³/mol. The van der Waals surface area contributed by atoms with Crippen LogP contribution in [0.4, 0.5) is 11.9 Å². The Balaban J connectivity index is 2.29. The number of pyridine rings is 1. The Hall–Kier alpha value is -1.60. The van der Waals surface area contributed by atoms with Gasteiger partial charge in [0, 0.05) is 26.8 Å². The first-order chi connectivity index (χ1) is 10.1. The number of aromatic nitrogens is 4. The fourth-order valence-electron chi connectivity index (χ4n) is 1.44. The molecule has 1 N–H and O–H groups in total. The van der Waals surface area contributed by atoms with Crippen molar-refractivity contribution in [2.75, 3.05) is 30.9 Å². The van der Waals surface area contributed by atoms with Crippen LogP contribution in [0, 0.1) is 0 Å². The number of rotatable bonds is 6. The summed E-state index contributed by atoms with van der Waals surface area (Å²) in [6, 6.07) is 3.58. The highest BCUT2D eigenvalue weighted by Gasteiger charge is 2.11. The minimum atomic E-state index is 0.560. The summed E-state index contributed by atoms with van der Waals surface area (Å²) in [5.74, 6) is 1.16. The Morgan fingerprint density at radius 2 is 2.10 bits per heavy atom. The van der Waals surface area contributed by atoms with E-state index in [1.807, 2.05) is 19.0 Å². The predicted octanol–water partition coefficient (Wildman–Crippen LogP) is 2.96. The molecule has 0 atom stereocenters. The molecule has 2 aromatic heterocycles. The second-order valence-electron chi connectivity index (χ2n) is 4.46. The van der Waals surface area contributed by atoms with E-state index in [9.17, 15) is 0 Å². The van der Waals surface area contributed by atoms with E-state index < -0.39 is 0 Å². The van der Waals surface area contributed by atoms with Crippen molar-refractivity contribution in [3.63, 3.8) is 0 Å². The lowest BCUT2D eigenvalue weighted by molar-refractivity contribution is 0.850. The van der Waals surface area contributed by atoms with Gasteiger partial charge in [-0.15, -0.1) is 0 Å². The van der Waals surface area contributed by atoms with Gasteiger partial charge in [0.1, 0.15) is 5.03 Å². The maximum Gasteiger partial charge on any atom is 0.230 e. The van der Waals surface area contributed by atoms with Gasteiger partial charge < -0.3 is 10.2 Å². The molecule has 2 heterocycles. The zero-order valence-corrected chi connectivity index (χ0v) is 13.7. The zero-order chi connectivity index (χ0) is 15.2. The summed E-state index contributed by atoms with van der Waals surface area (Å²) in [4.78, 5) is 19.2. The second-order valence-corrected chi connectivity index (χ2v) is 5.82. The quantitative estimate of drug-likeness (QED) is 0.876. The maximum absolute atomic E-state index is 6.12. The highest BCUT2D eigenvalue weighted by atomic mass is 35.5. The third kappa shape index (κ3) is 4.44. The van der Waals surface area contributed by atoms with Crippen molar-refractivity contribution in [1.29, 1.82) is 0 Å². The van der Waals surface area contributed by atoms with Crippen molar-refractivity contribution in [3.8, 4) is 0 Å². The van der Waals surface area contributed by atoms with E-state index in [0.717, 1.165) is 13.0 Å². The van der Waals surface area contributed by atoms with E-state index >= 15 is 0 Å². The van der Waals surface area contributed by atoms with Crippen molar-refractivity contribution >= 4 is 35.3 Å². The van der Waals surface area contributed by atoms with Gasteiger partial charge in [-0.1, -0.05) is 18.5 Å². The lowest BCUT2D eigenvalue weighted by atomic mass is 10.5. The van der Waals surface area contributed by atoms with Gasteiger partial charge in [0.25, 0.3) is 0 Å². The lowest BCUT2D eigenvalue weighted by Gasteiger charge is -2.13. The van der Waals surface area contributed by atoms with E-state index in [-0.39, 0.29) is 0 Å². The van der Waals surface area contributed by atoms with Crippen molar-refractivity contribution in [2.45, 2.75) is 23.5 Å². The number of nitrogens with zero attached hydrogens (tertiary/aromatic N) is 5. The van der Waals surface area contributed by atoms with Gasteiger partial charge in [-0.2, -0.15) is 15.0 Å². The molecule has 0 unspecified atom stereocenters. The van der Waals surface area contributed by atoms with Crippen LogP contribution in [-0.2, 0) is 0 Å². The van der Waals surface area contributed by atoms with E-state index in [1.165, 1.54) is 11.8 Å². The number of hydrogen-bond acceptors (Lipinski definition) is 7. The SMILES string of the molecule is CCCNc1nc(Sc2ncccc2Cl)nc(N(C)C)n1. The van der Waals surface area contributed by atoms with Gasteiger partial charge in [0.15, 0.2) is 0 Å². The fraction of sp³-hybridized carbons (Fsp3) is 0.385. The molecule has 0 amide bonds. The molecule has 8 heteroatoms. The van der Waals surface area contributed by atoms with Crippen molar-refractivity contribution < 1.29 is 0 Å². The molecule has 0 bridgehead atoms. The molecular formula is C13H17ClN6S. The normalized spacial score (nSPS) is 10.5. The molecule has 21 heavy (non-hydrogen) atoms. The average Bonchev–Trinajstić information content (AvgIpc) is 2.47. The van der Waals surface area contributed by atoms with Gasteiger partial charge in [-0.05, 0) is 30.3 Å². The first-order valence-electron chi connectivity index (χ1n) is 6.55. The minimum Gasteiger partial charge on any atom is -0.354 e. The monoisotopic (exact) mass is 324 g/mol. The van der Waals surface area contributed by atoms with Crippen LogP contribution < -0.4 is 10.2 Å². The molecule has 0 aliphatic rings. The maximum atomic E-state index is 6.12. The summed E-state index contributed by atoms with van der Waals surface area (Å²) in [7, 11) is 3.78. The highest BCUT2D eigenvalue weighted by molar-refractivity contribution is 7.99. The Bertz CT molecular complexity index is 607. The smallest absolute Gasteiger partial charge is 0.230 e. The van der Waals surface area contributed by atoms with Crippen molar-refractivity contribution in [3.05, 3.63) is 23.4 Å². The van der Waals surface area contributed by atoms with Crippen LogP contribution >= 0.6 is 23.4 Å². The summed E-state index contributed by atoms with van der Waals surface area (Å²) in [5.41, 5.74) is 0. The van der Waals surface area contributed by atoms with Gasteiger partial charge in [-0.25, -0.2) is 4.98 Å². The van der Waals surface area contributed by atoms with Crippen LogP contribution in [0.15, 0.2) is 28.5 Å². The van der Waals surface area contributed by atoms with Crippen LogP contribution in [0.25, 0.3) is 0 Å². The first kappa shape index (κ1) is 15.8.